The quantitative estimate of drug-likeness (QED) is 0.853. The van der Waals surface area contributed by atoms with Crippen molar-refractivity contribution in [1.82, 2.24) is 0 Å². The molecular weight excluding hydrogens is 342 g/mol. The van der Waals surface area contributed by atoms with Gasteiger partial charge < -0.3 is 9.84 Å². The number of sulfonamides is 1. The number of nitrogens with zero attached hydrogens (tertiary/aromatic N) is 1. The summed E-state index contributed by atoms with van der Waals surface area (Å²) in [5.41, 5.74) is 2.90. The number of aryl methyl sites for hydroxylation is 3. The lowest BCUT2D eigenvalue weighted by Gasteiger charge is -2.24. The molecule has 2 rings (SSSR count). The zero-order valence-corrected chi connectivity index (χ0v) is 15.4. The van der Waals surface area contributed by atoms with Crippen LogP contribution < -0.4 is 9.04 Å². The first-order valence-corrected chi connectivity index (χ1v) is 9.07. The highest BCUT2D eigenvalue weighted by atomic mass is 32.2. The number of rotatable bonds is 6. The molecule has 0 bridgehead atoms. The zero-order valence-electron chi connectivity index (χ0n) is 14.6. The second-order valence-corrected chi connectivity index (χ2v) is 7.66. The molecule has 0 fully saturated rings. The molecule has 0 aliphatic heterocycles. The van der Waals surface area contributed by atoms with E-state index in [2.05, 4.69) is 0 Å². The van der Waals surface area contributed by atoms with Crippen molar-refractivity contribution >= 4 is 21.7 Å². The van der Waals surface area contributed by atoms with Gasteiger partial charge in [0, 0.05) is 0 Å². The molecule has 2 aromatic carbocycles. The van der Waals surface area contributed by atoms with E-state index in [9.17, 15) is 18.3 Å². The van der Waals surface area contributed by atoms with Crippen LogP contribution in [-0.2, 0) is 14.8 Å². The lowest BCUT2D eigenvalue weighted by atomic mass is 10.1. The molecule has 7 heteroatoms. The van der Waals surface area contributed by atoms with Crippen molar-refractivity contribution in [3.63, 3.8) is 0 Å². The van der Waals surface area contributed by atoms with E-state index in [-0.39, 0.29) is 10.6 Å². The number of benzene rings is 2. The second kappa shape index (κ2) is 7.14. The highest BCUT2D eigenvalue weighted by Gasteiger charge is 2.30. The summed E-state index contributed by atoms with van der Waals surface area (Å²) in [4.78, 5) is 11.2. The van der Waals surface area contributed by atoms with Gasteiger partial charge in [-0.2, -0.15) is 0 Å². The van der Waals surface area contributed by atoms with E-state index >= 15 is 0 Å². The van der Waals surface area contributed by atoms with Gasteiger partial charge in [-0.05, 0) is 61.7 Å². The molecule has 0 spiro atoms. The Morgan fingerprint density at radius 2 is 1.76 bits per heavy atom. The number of carboxylic acids is 1. The smallest absolute Gasteiger partial charge is 0.324 e. The number of hydrogen-bond acceptors (Lipinski definition) is 4. The van der Waals surface area contributed by atoms with Gasteiger partial charge in [-0.15, -0.1) is 0 Å². The minimum absolute atomic E-state index is 0.0607. The average molecular weight is 363 g/mol. The molecule has 0 saturated carbocycles. The molecule has 0 saturated heterocycles. The van der Waals surface area contributed by atoms with Gasteiger partial charge in [-0.25, -0.2) is 8.42 Å². The van der Waals surface area contributed by atoms with Gasteiger partial charge in [0.25, 0.3) is 10.0 Å². The fraction of sp³-hybridized carbons (Fsp3) is 0.278. The molecule has 0 amide bonds. The van der Waals surface area contributed by atoms with Crippen molar-refractivity contribution in [1.29, 1.82) is 0 Å². The molecular formula is C18H21NO5S. The standard InChI is InChI=1S/C18H21NO5S/c1-12-5-8-16(24-4)17(9-12)25(22,23)19(11-18(20)21)15-7-6-13(2)14(3)10-15/h5-10H,11H2,1-4H3,(H,20,21). The van der Waals surface area contributed by atoms with E-state index in [0.29, 0.717) is 5.69 Å². The Labute approximate surface area is 147 Å². The fourth-order valence-corrected chi connectivity index (χ4v) is 4.07. The highest BCUT2D eigenvalue weighted by Crippen LogP contribution is 2.31. The zero-order chi connectivity index (χ0) is 18.8. The van der Waals surface area contributed by atoms with Crippen LogP contribution in [0.2, 0.25) is 0 Å². The van der Waals surface area contributed by atoms with Crippen LogP contribution in [-0.4, -0.2) is 33.1 Å². The summed E-state index contributed by atoms with van der Waals surface area (Å²) in [6.07, 6.45) is 0. The maximum absolute atomic E-state index is 13.2. The first-order chi connectivity index (χ1) is 11.7. The number of methoxy groups -OCH3 is 1. The predicted molar refractivity (Wildman–Crippen MR) is 95.8 cm³/mol. The Morgan fingerprint density at radius 1 is 1.08 bits per heavy atom. The minimum atomic E-state index is -4.12. The molecule has 0 aromatic heterocycles. The number of aliphatic carboxylic acids is 1. The van der Waals surface area contributed by atoms with E-state index in [1.54, 1.807) is 37.3 Å². The molecule has 0 aliphatic rings. The molecule has 2 aromatic rings. The van der Waals surface area contributed by atoms with Crippen LogP contribution in [0.5, 0.6) is 5.75 Å². The van der Waals surface area contributed by atoms with Crippen molar-refractivity contribution in [2.24, 2.45) is 0 Å². The minimum Gasteiger partial charge on any atom is -0.495 e. The number of carbonyl (C=O) groups is 1. The monoisotopic (exact) mass is 363 g/mol. The normalized spacial score (nSPS) is 11.2. The molecule has 0 unspecified atom stereocenters. The van der Waals surface area contributed by atoms with Gasteiger partial charge in [0.05, 0.1) is 12.8 Å². The Balaban J connectivity index is 2.66. The van der Waals surface area contributed by atoms with E-state index in [1.807, 2.05) is 13.8 Å². The van der Waals surface area contributed by atoms with Gasteiger partial charge in [-0.3, -0.25) is 9.10 Å². The molecule has 0 heterocycles. The summed E-state index contributed by atoms with van der Waals surface area (Å²) in [6, 6.07) is 9.80. The molecule has 25 heavy (non-hydrogen) atoms. The van der Waals surface area contributed by atoms with E-state index in [4.69, 9.17) is 4.74 Å². The Kier molecular flexibility index (Phi) is 5.37. The summed E-state index contributed by atoms with van der Waals surface area (Å²) >= 11 is 0. The summed E-state index contributed by atoms with van der Waals surface area (Å²) in [5.74, 6) is -1.07. The van der Waals surface area contributed by atoms with Crippen LogP contribution >= 0.6 is 0 Å². The van der Waals surface area contributed by atoms with Gasteiger partial charge in [0.15, 0.2) is 0 Å². The largest absolute Gasteiger partial charge is 0.495 e. The second-order valence-electron chi connectivity index (χ2n) is 5.83. The Morgan fingerprint density at radius 3 is 2.32 bits per heavy atom. The van der Waals surface area contributed by atoms with Crippen LogP contribution in [0.25, 0.3) is 0 Å². The maximum atomic E-state index is 13.2. The van der Waals surface area contributed by atoms with Gasteiger partial charge in [0.1, 0.15) is 17.2 Å². The van der Waals surface area contributed by atoms with E-state index < -0.39 is 22.5 Å². The van der Waals surface area contributed by atoms with E-state index in [1.165, 1.54) is 13.2 Å². The van der Waals surface area contributed by atoms with Crippen molar-refractivity contribution in [2.45, 2.75) is 25.7 Å². The average Bonchev–Trinajstić information content (AvgIpc) is 2.55. The molecule has 0 atom stereocenters. The summed E-state index contributed by atoms with van der Waals surface area (Å²) in [7, 11) is -2.74. The molecule has 1 N–H and O–H groups in total. The molecule has 6 nitrogen and oxygen atoms in total. The predicted octanol–water partition coefficient (Wildman–Crippen LogP) is 2.90. The summed E-state index contributed by atoms with van der Waals surface area (Å²) in [6.45, 7) is 4.83. The van der Waals surface area contributed by atoms with Gasteiger partial charge in [-0.1, -0.05) is 12.1 Å². The first-order valence-electron chi connectivity index (χ1n) is 7.63. The number of hydrogen-bond donors (Lipinski definition) is 1. The van der Waals surface area contributed by atoms with Crippen molar-refractivity contribution in [2.75, 3.05) is 18.0 Å². The third kappa shape index (κ3) is 3.93. The van der Waals surface area contributed by atoms with Crippen LogP contribution in [0, 0.1) is 20.8 Å². The van der Waals surface area contributed by atoms with Crippen molar-refractivity contribution in [3.05, 3.63) is 53.1 Å². The van der Waals surface area contributed by atoms with E-state index in [0.717, 1.165) is 21.0 Å². The molecule has 134 valence electrons. The van der Waals surface area contributed by atoms with Crippen LogP contribution in [0.4, 0.5) is 5.69 Å². The van der Waals surface area contributed by atoms with Crippen molar-refractivity contribution < 1.29 is 23.1 Å². The number of ether oxygens (including phenoxy) is 1. The topological polar surface area (TPSA) is 83.9 Å². The maximum Gasteiger partial charge on any atom is 0.324 e. The van der Waals surface area contributed by atoms with Crippen LogP contribution in [0.1, 0.15) is 16.7 Å². The van der Waals surface area contributed by atoms with Crippen molar-refractivity contribution in [3.8, 4) is 5.75 Å². The molecule has 0 radical (unpaired) electrons. The Hall–Kier alpha value is -2.54. The van der Waals surface area contributed by atoms with Gasteiger partial charge in [0.2, 0.25) is 0 Å². The van der Waals surface area contributed by atoms with Crippen LogP contribution in [0.3, 0.4) is 0 Å². The fourth-order valence-electron chi connectivity index (χ4n) is 2.42. The lowest BCUT2D eigenvalue weighted by molar-refractivity contribution is -0.135. The SMILES string of the molecule is COc1ccc(C)cc1S(=O)(=O)N(CC(=O)O)c1ccc(C)c(C)c1. The lowest BCUT2D eigenvalue weighted by Crippen LogP contribution is -2.36. The Bertz CT molecular complexity index is 906. The van der Waals surface area contributed by atoms with Crippen LogP contribution in [0.15, 0.2) is 41.3 Å². The molecule has 0 aliphatic carbocycles. The number of carboxylic acid groups (broad SMARTS) is 1. The third-order valence-corrected chi connectivity index (χ3v) is 5.74. The first kappa shape index (κ1) is 18.8. The summed E-state index contributed by atoms with van der Waals surface area (Å²) < 4.78 is 32.4. The number of anilines is 1. The van der Waals surface area contributed by atoms with Gasteiger partial charge >= 0.3 is 5.97 Å². The third-order valence-electron chi connectivity index (χ3n) is 3.94. The summed E-state index contributed by atoms with van der Waals surface area (Å²) in [5, 5.41) is 9.22. The highest BCUT2D eigenvalue weighted by molar-refractivity contribution is 7.93.